The first kappa shape index (κ1) is 25.9. The largest absolute Gasteiger partial charge is 0.378 e. The number of aromatic amines is 1. The number of rotatable bonds is 8. The number of H-pyrrole nitrogens is 1. The number of nitrogens with one attached hydrogen (secondary N) is 1. The number of carbonyl (C=O) groups is 1. The predicted octanol–water partition coefficient (Wildman–Crippen LogP) is 5.65. The second-order valence-electron chi connectivity index (χ2n) is 11.3. The van der Waals surface area contributed by atoms with Crippen LogP contribution in [-0.4, -0.2) is 71.6 Å². The lowest BCUT2D eigenvalue weighted by atomic mass is 9.87. The number of aromatic nitrogens is 2. The van der Waals surface area contributed by atoms with Crippen molar-refractivity contribution in [3.8, 4) is 11.3 Å². The maximum Gasteiger partial charge on any atom is 0.223 e. The number of hydrogen-bond acceptors (Lipinski definition) is 4. The second-order valence-corrected chi connectivity index (χ2v) is 11.3. The lowest BCUT2D eigenvalue weighted by Gasteiger charge is -2.36. The molecule has 1 aromatic carbocycles. The van der Waals surface area contributed by atoms with Gasteiger partial charge in [0.2, 0.25) is 5.91 Å². The molecule has 2 aromatic heterocycles. The van der Waals surface area contributed by atoms with Crippen LogP contribution in [0.4, 0.5) is 0 Å². The smallest absolute Gasteiger partial charge is 0.223 e. The van der Waals surface area contributed by atoms with Gasteiger partial charge in [0.25, 0.3) is 0 Å². The van der Waals surface area contributed by atoms with Gasteiger partial charge in [-0.3, -0.25) is 14.7 Å². The summed E-state index contributed by atoms with van der Waals surface area (Å²) in [6, 6.07) is 11.9. The van der Waals surface area contributed by atoms with E-state index < -0.39 is 0 Å². The van der Waals surface area contributed by atoms with Crippen molar-refractivity contribution in [3.63, 3.8) is 0 Å². The van der Waals surface area contributed by atoms with Crippen LogP contribution in [0.3, 0.4) is 0 Å². The lowest BCUT2D eigenvalue weighted by Crippen LogP contribution is -2.48. The molecule has 4 heterocycles. The van der Waals surface area contributed by atoms with Gasteiger partial charge in [-0.1, -0.05) is 26.8 Å². The first-order chi connectivity index (χ1) is 17.8. The Bertz CT molecular complexity index is 1250. The summed E-state index contributed by atoms with van der Waals surface area (Å²) in [6.07, 6.45) is 3.59. The fourth-order valence-electron chi connectivity index (χ4n) is 5.93. The van der Waals surface area contributed by atoms with Gasteiger partial charge in [-0.25, -0.2) is 0 Å². The van der Waals surface area contributed by atoms with Gasteiger partial charge in [0.15, 0.2) is 0 Å². The molecule has 2 aliphatic rings. The molecule has 2 saturated heterocycles. The van der Waals surface area contributed by atoms with Gasteiger partial charge in [-0.15, -0.1) is 0 Å². The molecule has 0 aliphatic carbocycles. The Hall–Kier alpha value is -2.70. The van der Waals surface area contributed by atoms with Crippen molar-refractivity contribution in [1.82, 2.24) is 19.8 Å². The Labute approximate surface area is 221 Å². The van der Waals surface area contributed by atoms with E-state index in [1.807, 2.05) is 0 Å². The van der Waals surface area contributed by atoms with Crippen LogP contribution in [0.5, 0.6) is 0 Å². The zero-order valence-corrected chi connectivity index (χ0v) is 23.1. The third-order valence-corrected chi connectivity index (χ3v) is 8.34. The number of likely N-dealkylation sites (tertiary alicyclic amines) is 1. The monoisotopic (exact) mass is 502 g/mol. The summed E-state index contributed by atoms with van der Waals surface area (Å²) >= 11 is 0. The van der Waals surface area contributed by atoms with E-state index in [1.165, 1.54) is 33.3 Å². The fourth-order valence-corrected chi connectivity index (χ4v) is 5.93. The van der Waals surface area contributed by atoms with Crippen molar-refractivity contribution in [2.45, 2.75) is 71.3 Å². The zero-order chi connectivity index (χ0) is 26.1. The van der Waals surface area contributed by atoms with E-state index in [2.05, 4.69) is 84.8 Å². The van der Waals surface area contributed by atoms with Crippen molar-refractivity contribution in [2.75, 3.05) is 39.9 Å². The molecule has 0 spiro atoms. The highest BCUT2D eigenvalue weighted by Gasteiger charge is 2.27. The number of benzene rings is 1. The van der Waals surface area contributed by atoms with Crippen molar-refractivity contribution in [3.05, 3.63) is 52.8 Å². The molecule has 198 valence electrons. The minimum absolute atomic E-state index is 0.289. The molecule has 0 unspecified atom stereocenters. The van der Waals surface area contributed by atoms with Crippen molar-refractivity contribution in [2.24, 2.45) is 0 Å². The summed E-state index contributed by atoms with van der Waals surface area (Å²) in [4.78, 5) is 25.6. The quantitative estimate of drug-likeness (QED) is 0.432. The van der Waals surface area contributed by atoms with E-state index >= 15 is 0 Å². The van der Waals surface area contributed by atoms with Gasteiger partial charge in [0, 0.05) is 53.9 Å². The fraction of sp³-hybridized carbons (Fsp3) is 0.548. The van der Waals surface area contributed by atoms with Crippen LogP contribution in [0.1, 0.15) is 74.4 Å². The van der Waals surface area contributed by atoms with Crippen LogP contribution >= 0.6 is 0 Å². The number of amides is 1. The number of carbonyl (C=O) groups excluding carboxylic acids is 1. The standard InChI is InChI=1S/C31H42N4O2/c1-6-25-16-24(15-21(4)32-25)31-30(20(2)3)27-17-23(7-8-28(27)33-31)22-9-13-35(14-10-22)29(36)11-12-34(5)26-18-37-19-26/h7-8,15-17,20,22,26,33H,6,9-14,18-19H2,1-5H3. The van der Waals surface area contributed by atoms with Crippen LogP contribution in [0.25, 0.3) is 22.2 Å². The highest BCUT2D eigenvalue weighted by molar-refractivity contribution is 5.92. The van der Waals surface area contributed by atoms with E-state index in [-0.39, 0.29) is 5.91 Å². The molecular weight excluding hydrogens is 460 g/mol. The lowest BCUT2D eigenvalue weighted by molar-refractivity contribution is -0.133. The zero-order valence-electron chi connectivity index (χ0n) is 23.1. The van der Waals surface area contributed by atoms with Gasteiger partial charge in [-0.05, 0) is 80.5 Å². The molecule has 0 atom stereocenters. The molecule has 6 nitrogen and oxygen atoms in total. The predicted molar refractivity (Wildman–Crippen MR) is 150 cm³/mol. The van der Waals surface area contributed by atoms with Gasteiger partial charge < -0.3 is 14.6 Å². The van der Waals surface area contributed by atoms with Crippen LogP contribution in [0, 0.1) is 6.92 Å². The Morgan fingerprint density at radius 1 is 1.19 bits per heavy atom. The first-order valence-electron chi connectivity index (χ1n) is 14.0. The number of aryl methyl sites for hydroxylation is 2. The van der Waals surface area contributed by atoms with E-state index in [0.29, 0.717) is 24.3 Å². The normalized spacial score (nSPS) is 17.2. The number of nitrogens with zero attached hydrogens (tertiary/aromatic N) is 3. The summed E-state index contributed by atoms with van der Waals surface area (Å²) in [5.74, 6) is 1.19. The van der Waals surface area contributed by atoms with Crippen molar-refractivity contribution >= 4 is 16.8 Å². The molecule has 37 heavy (non-hydrogen) atoms. The van der Waals surface area contributed by atoms with Crippen LogP contribution in [0.2, 0.25) is 0 Å². The Morgan fingerprint density at radius 2 is 1.95 bits per heavy atom. The summed E-state index contributed by atoms with van der Waals surface area (Å²) in [5, 5.41) is 1.33. The Morgan fingerprint density at radius 3 is 2.59 bits per heavy atom. The summed E-state index contributed by atoms with van der Waals surface area (Å²) < 4.78 is 5.28. The molecule has 0 radical (unpaired) electrons. The number of piperidine rings is 1. The Balaban J connectivity index is 1.31. The van der Waals surface area contributed by atoms with Gasteiger partial charge in [0.05, 0.1) is 24.9 Å². The summed E-state index contributed by atoms with van der Waals surface area (Å²) in [5.41, 5.74) is 8.63. The highest BCUT2D eigenvalue weighted by Crippen LogP contribution is 2.38. The molecule has 3 aromatic rings. The number of hydrogen-bond donors (Lipinski definition) is 1. The molecule has 5 rings (SSSR count). The van der Waals surface area contributed by atoms with E-state index in [4.69, 9.17) is 4.74 Å². The average Bonchev–Trinajstić information content (AvgIpc) is 3.25. The van der Waals surface area contributed by atoms with E-state index in [9.17, 15) is 4.79 Å². The number of fused-ring (bicyclic) bond motifs is 1. The minimum atomic E-state index is 0.289. The highest BCUT2D eigenvalue weighted by atomic mass is 16.5. The Kier molecular flexibility index (Phi) is 7.68. The van der Waals surface area contributed by atoms with Gasteiger partial charge in [0.1, 0.15) is 0 Å². The molecule has 2 aliphatic heterocycles. The summed E-state index contributed by atoms with van der Waals surface area (Å²) in [7, 11) is 2.10. The summed E-state index contributed by atoms with van der Waals surface area (Å²) in [6.45, 7) is 12.9. The topological polar surface area (TPSA) is 61.5 Å². The molecular formula is C31H42N4O2. The SMILES string of the molecule is CCc1cc(-c2[nH]c3ccc(C4CCN(C(=O)CCN(C)C5COC5)CC4)cc3c2C(C)C)cc(C)n1. The molecule has 0 bridgehead atoms. The number of likely N-dealkylation sites (N-methyl/N-ethyl adjacent to an activating group) is 1. The van der Waals surface area contributed by atoms with Gasteiger partial charge in [-0.2, -0.15) is 0 Å². The van der Waals surface area contributed by atoms with Crippen LogP contribution in [0.15, 0.2) is 30.3 Å². The molecule has 0 saturated carbocycles. The second kappa shape index (κ2) is 11.0. The van der Waals surface area contributed by atoms with Crippen LogP contribution < -0.4 is 0 Å². The van der Waals surface area contributed by atoms with Crippen molar-refractivity contribution < 1.29 is 9.53 Å². The first-order valence-corrected chi connectivity index (χ1v) is 14.0. The maximum atomic E-state index is 12.8. The number of ether oxygens (including phenoxy) is 1. The molecule has 1 amide bonds. The third-order valence-electron chi connectivity index (χ3n) is 8.34. The van der Waals surface area contributed by atoms with E-state index in [0.717, 1.165) is 63.5 Å². The molecule has 1 N–H and O–H groups in total. The molecule has 2 fully saturated rings. The molecule has 6 heteroatoms. The average molecular weight is 503 g/mol. The van der Waals surface area contributed by atoms with Crippen LogP contribution in [-0.2, 0) is 16.0 Å². The van der Waals surface area contributed by atoms with Gasteiger partial charge >= 0.3 is 0 Å². The van der Waals surface area contributed by atoms with Crippen molar-refractivity contribution in [1.29, 1.82) is 0 Å². The minimum Gasteiger partial charge on any atom is -0.378 e. The number of pyridine rings is 1. The van der Waals surface area contributed by atoms with E-state index in [1.54, 1.807) is 0 Å². The maximum absolute atomic E-state index is 12.8. The third kappa shape index (κ3) is 5.46.